The fraction of sp³-hybridized carbons (Fsp3) is 0.611. The number of amides is 1. The molecule has 22 heavy (non-hydrogen) atoms. The van der Waals surface area contributed by atoms with Crippen LogP contribution >= 0.6 is 12.4 Å². The average molecular weight is 323 g/mol. The van der Waals surface area contributed by atoms with Crippen LogP contribution in [-0.2, 0) is 17.6 Å². The predicted octanol–water partition coefficient (Wildman–Crippen LogP) is 3.16. The van der Waals surface area contributed by atoms with Gasteiger partial charge in [0.25, 0.3) is 0 Å². The van der Waals surface area contributed by atoms with E-state index in [9.17, 15) is 4.79 Å². The van der Waals surface area contributed by atoms with Gasteiger partial charge in [-0.1, -0.05) is 18.2 Å². The zero-order valence-electron chi connectivity index (χ0n) is 13.4. The maximum atomic E-state index is 11.9. The Morgan fingerprint density at radius 1 is 1.23 bits per heavy atom. The molecule has 0 saturated heterocycles. The van der Waals surface area contributed by atoms with E-state index >= 15 is 0 Å². The van der Waals surface area contributed by atoms with Gasteiger partial charge in [-0.05, 0) is 74.6 Å². The Kier molecular flexibility index (Phi) is 6.27. The second-order valence-electron chi connectivity index (χ2n) is 6.60. The van der Waals surface area contributed by atoms with Gasteiger partial charge in [0.15, 0.2) is 0 Å². The first-order valence-corrected chi connectivity index (χ1v) is 8.34. The van der Waals surface area contributed by atoms with Gasteiger partial charge in [0, 0.05) is 0 Å². The highest BCUT2D eigenvalue weighted by Crippen LogP contribution is 2.27. The molecule has 122 valence electrons. The van der Waals surface area contributed by atoms with Crippen LogP contribution in [-0.4, -0.2) is 19.0 Å². The lowest BCUT2D eigenvalue weighted by Gasteiger charge is -2.20. The highest BCUT2D eigenvalue weighted by atomic mass is 35.5. The van der Waals surface area contributed by atoms with Crippen LogP contribution in [0.25, 0.3) is 0 Å². The Bertz CT molecular complexity index is 514. The van der Waals surface area contributed by atoms with Crippen molar-refractivity contribution in [1.82, 2.24) is 10.6 Å². The first-order valence-electron chi connectivity index (χ1n) is 8.34. The van der Waals surface area contributed by atoms with E-state index in [0.29, 0.717) is 6.54 Å². The summed E-state index contributed by atoms with van der Waals surface area (Å²) in [6.07, 6.45) is 7.64. The van der Waals surface area contributed by atoms with Crippen molar-refractivity contribution in [2.24, 2.45) is 5.92 Å². The zero-order chi connectivity index (χ0) is 14.7. The predicted molar refractivity (Wildman–Crippen MR) is 92.5 cm³/mol. The van der Waals surface area contributed by atoms with Crippen LogP contribution in [0.5, 0.6) is 0 Å². The molecular formula is C18H27ClN2O. The number of carbonyl (C=O) groups is 1. The van der Waals surface area contributed by atoms with E-state index in [2.05, 4.69) is 35.8 Å². The number of rotatable bonds is 6. The van der Waals surface area contributed by atoms with Gasteiger partial charge in [-0.2, -0.15) is 0 Å². The van der Waals surface area contributed by atoms with Gasteiger partial charge in [0.2, 0.25) is 5.91 Å². The third-order valence-corrected chi connectivity index (χ3v) is 4.67. The van der Waals surface area contributed by atoms with Gasteiger partial charge in [-0.15, -0.1) is 12.4 Å². The Labute approximate surface area is 139 Å². The van der Waals surface area contributed by atoms with Gasteiger partial charge < -0.3 is 10.6 Å². The quantitative estimate of drug-likeness (QED) is 0.844. The van der Waals surface area contributed by atoms with E-state index in [1.54, 1.807) is 0 Å². The number of aryl methyl sites for hydroxylation is 2. The highest BCUT2D eigenvalue weighted by Gasteiger charge is 2.21. The third-order valence-electron chi connectivity index (χ3n) is 4.67. The number of nitrogens with one attached hydrogen (secondary N) is 2. The van der Waals surface area contributed by atoms with E-state index in [4.69, 9.17) is 0 Å². The summed E-state index contributed by atoms with van der Waals surface area (Å²) in [5.74, 6) is 0.914. The lowest BCUT2D eigenvalue weighted by molar-refractivity contribution is -0.120. The smallest absolute Gasteiger partial charge is 0.234 e. The van der Waals surface area contributed by atoms with Crippen molar-refractivity contribution in [2.45, 2.75) is 51.5 Å². The molecule has 0 radical (unpaired) electrons. The summed E-state index contributed by atoms with van der Waals surface area (Å²) in [6.45, 7) is 3.50. The Balaban J connectivity index is 0.00000176. The fourth-order valence-corrected chi connectivity index (χ4v) is 3.11. The molecule has 1 aromatic carbocycles. The van der Waals surface area contributed by atoms with Crippen LogP contribution in [0.3, 0.4) is 0 Å². The van der Waals surface area contributed by atoms with E-state index in [-0.39, 0.29) is 24.4 Å². The monoisotopic (exact) mass is 322 g/mol. The second kappa shape index (κ2) is 7.98. The van der Waals surface area contributed by atoms with Crippen molar-refractivity contribution in [2.75, 3.05) is 13.1 Å². The zero-order valence-corrected chi connectivity index (χ0v) is 14.2. The third kappa shape index (κ3) is 4.72. The molecule has 3 nitrogen and oxygen atoms in total. The van der Waals surface area contributed by atoms with Crippen LogP contribution < -0.4 is 10.6 Å². The molecule has 2 N–H and O–H groups in total. The second-order valence-corrected chi connectivity index (χ2v) is 6.60. The molecule has 1 atom stereocenters. The summed E-state index contributed by atoms with van der Waals surface area (Å²) in [5.41, 5.74) is 4.20. The number of fused-ring (bicyclic) bond motifs is 1. The minimum absolute atomic E-state index is 0. The average Bonchev–Trinajstić information content (AvgIpc) is 3.31. The molecule has 0 aromatic heterocycles. The van der Waals surface area contributed by atoms with Gasteiger partial charge >= 0.3 is 0 Å². The molecular weight excluding hydrogens is 296 g/mol. The van der Waals surface area contributed by atoms with Crippen molar-refractivity contribution in [1.29, 1.82) is 0 Å². The van der Waals surface area contributed by atoms with Crippen LogP contribution in [0.15, 0.2) is 18.2 Å². The van der Waals surface area contributed by atoms with Crippen molar-refractivity contribution in [3.05, 3.63) is 34.9 Å². The minimum atomic E-state index is 0. The topological polar surface area (TPSA) is 41.1 Å². The maximum absolute atomic E-state index is 11.9. The molecule has 1 fully saturated rings. The maximum Gasteiger partial charge on any atom is 0.234 e. The Morgan fingerprint density at radius 2 is 1.95 bits per heavy atom. The standard InChI is InChI=1S/C18H26N2O.ClH/c1-13(20-18(21)12-19-11-14-6-7-14)16-9-8-15-4-2-3-5-17(15)10-16;/h8-10,13-14,19H,2-7,11-12H2,1H3,(H,20,21);1H. The first kappa shape index (κ1) is 17.3. The lowest BCUT2D eigenvalue weighted by atomic mass is 9.89. The lowest BCUT2D eigenvalue weighted by Crippen LogP contribution is -2.36. The summed E-state index contributed by atoms with van der Waals surface area (Å²) in [4.78, 5) is 11.9. The summed E-state index contributed by atoms with van der Waals surface area (Å²) in [5, 5.41) is 6.34. The molecule has 3 rings (SSSR count). The number of hydrogen-bond donors (Lipinski definition) is 2. The Morgan fingerprint density at radius 3 is 2.68 bits per heavy atom. The number of hydrogen-bond acceptors (Lipinski definition) is 2. The van der Waals surface area contributed by atoms with E-state index in [1.165, 1.54) is 55.2 Å². The van der Waals surface area contributed by atoms with Gasteiger partial charge in [0.1, 0.15) is 0 Å². The SMILES string of the molecule is CC(NC(=O)CNCC1CC1)c1ccc2c(c1)CCCC2.Cl. The molecule has 2 aliphatic carbocycles. The van der Waals surface area contributed by atoms with Crippen molar-refractivity contribution >= 4 is 18.3 Å². The number of benzene rings is 1. The fourth-order valence-electron chi connectivity index (χ4n) is 3.11. The molecule has 0 spiro atoms. The molecule has 1 amide bonds. The molecule has 1 aromatic rings. The molecule has 4 heteroatoms. The minimum Gasteiger partial charge on any atom is -0.348 e. The van der Waals surface area contributed by atoms with E-state index < -0.39 is 0 Å². The van der Waals surface area contributed by atoms with Gasteiger partial charge in [-0.25, -0.2) is 0 Å². The normalized spacial score (nSPS) is 18.0. The molecule has 2 aliphatic rings. The van der Waals surface area contributed by atoms with Crippen molar-refractivity contribution in [3.8, 4) is 0 Å². The van der Waals surface area contributed by atoms with Crippen molar-refractivity contribution in [3.63, 3.8) is 0 Å². The van der Waals surface area contributed by atoms with Crippen LogP contribution in [0.2, 0.25) is 0 Å². The molecule has 0 aliphatic heterocycles. The molecule has 0 bridgehead atoms. The summed E-state index contributed by atoms with van der Waals surface area (Å²) in [6, 6.07) is 6.80. The van der Waals surface area contributed by atoms with E-state index in [0.717, 1.165) is 12.5 Å². The van der Waals surface area contributed by atoms with Crippen LogP contribution in [0.1, 0.15) is 55.3 Å². The summed E-state index contributed by atoms with van der Waals surface area (Å²) < 4.78 is 0. The van der Waals surface area contributed by atoms with Crippen molar-refractivity contribution < 1.29 is 4.79 Å². The highest BCUT2D eigenvalue weighted by molar-refractivity contribution is 5.85. The number of carbonyl (C=O) groups excluding carboxylic acids is 1. The molecule has 0 heterocycles. The summed E-state index contributed by atoms with van der Waals surface area (Å²) in [7, 11) is 0. The van der Waals surface area contributed by atoms with E-state index in [1.807, 2.05) is 0 Å². The first-order chi connectivity index (χ1) is 10.2. The van der Waals surface area contributed by atoms with Crippen LogP contribution in [0, 0.1) is 5.92 Å². The van der Waals surface area contributed by atoms with Gasteiger partial charge in [-0.3, -0.25) is 4.79 Å². The van der Waals surface area contributed by atoms with Gasteiger partial charge in [0.05, 0.1) is 12.6 Å². The molecule has 1 unspecified atom stereocenters. The van der Waals surface area contributed by atoms with Crippen LogP contribution in [0.4, 0.5) is 0 Å². The summed E-state index contributed by atoms with van der Waals surface area (Å²) >= 11 is 0. The molecule has 1 saturated carbocycles. The largest absolute Gasteiger partial charge is 0.348 e. The number of halogens is 1. The Hall–Kier alpha value is -1.06.